The quantitative estimate of drug-likeness (QED) is 0.789. The van der Waals surface area contributed by atoms with Gasteiger partial charge < -0.3 is 10.0 Å². The number of aliphatic hydroxyl groups is 1. The summed E-state index contributed by atoms with van der Waals surface area (Å²) in [5, 5.41) is 9.37. The zero-order valence-electron chi connectivity index (χ0n) is 9.06. The number of aliphatic hydroxyl groups excluding tert-OH is 1. The van der Waals surface area contributed by atoms with Crippen LogP contribution in [0.15, 0.2) is 36.4 Å². The van der Waals surface area contributed by atoms with E-state index in [4.69, 9.17) is 0 Å². The van der Waals surface area contributed by atoms with Crippen LogP contribution in [0.5, 0.6) is 0 Å². The van der Waals surface area contributed by atoms with E-state index in [1.165, 1.54) is 11.1 Å². The Bertz CT molecular complexity index is 345. The molecule has 0 spiro atoms. The number of benzene rings is 1. The Morgan fingerprint density at radius 3 is 2.73 bits per heavy atom. The molecule has 2 rings (SSSR count). The van der Waals surface area contributed by atoms with E-state index in [9.17, 15) is 5.11 Å². The molecular weight excluding hydrogens is 186 g/mol. The monoisotopic (exact) mass is 203 g/mol. The van der Waals surface area contributed by atoms with Gasteiger partial charge in [0.05, 0.1) is 6.61 Å². The second kappa shape index (κ2) is 4.60. The van der Waals surface area contributed by atoms with Crippen LogP contribution in [0, 0.1) is 5.92 Å². The minimum absolute atomic E-state index is 0.227. The van der Waals surface area contributed by atoms with Crippen molar-refractivity contribution in [1.82, 2.24) is 4.90 Å². The maximum Gasteiger partial charge on any atom is 0.0512 e. The topological polar surface area (TPSA) is 23.5 Å². The summed E-state index contributed by atoms with van der Waals surface area (Å²) in [6, 6.07) is 10.3. The van der Waals surface area contributed by atoms with Crippen LogP contribution in [-0.2, 0) is 0 Å². The van der Waals surface area contributed by atoms with Crippen molar-refractivity contribution in [3.8, 4) is 0 Å². The molecule has 1 N–H and O–H groups in total. The molecule has 0 amide bonds. The molecule has 1 unspecified atom stereocenters. The van der Waals surface area contributed by atoms with Gasteiger partial charge in [-0.2, -0.15) is 0 Å². The lowest BCUT2D eigenvalue weighted by molar-refractivity contribution is 0.212. The molecule has 0 bridgehead atoms. The first-order chi connectivity index (χ1) is 7.31. The van der Waals surface area contributed by atoms with Gasteiger partial charge >= 0.3 is 0 Å². The first-order valence-corrected chi connectivity index (χ1v) is 5.36. The highest BCUT2D eigenvalue weighted by Gasteiger charge is 2.20. The van der Waals surface area contributed by atoms with Crippen LogP contribution in [0.1, 0.15) is 5.56 Å². The first kappa shape index (κ1) is 10.4. The first-order valence-electron chi connectivity index (χ1n) is 5.36. The number of hydrogen-bond donors (Lipinski definition) is 1. The van der Waals surface area contributed by atoms with E-state index in [0.717, 1.165) is 13.1 Å². The second-order valence-corrected chi connectivity index (χ2v) is 4.13. The molecule has 1 aliphatic rings. The van der Waals surface area contributed by atoms with E-state index in [-0.39, 0.29) is 12.5 Å². The molecule has 0 fully saturated rings. The number of nitrogens with zero attached hydrogens (tertiary/aromatic N) is 1. The standard InChI is InChI=1S/C13H17NO/c1-14-8-7-13(12(9-14)10-15)11-5-3-2-4-6-11/h2-7,12,15H,8-10H2,1H3. The summed E-state index contributed by atoms with van der Waals surface area (Å²) in [6.07, 6.45) is 2.22. The van der Waals surface area contributed by atoms with Gasteiger partial charge in [-0.05, 0) is 18.2 Å². The van der Waals surface area contributed by atoms with Crippen LogP contribution in [0.4, 0.5) is 0 Å². The molecule has 0 aromatic heterocycles. The van der Waals surface area contributed by atoms with Crippen LogP contribution in [0.3, 0.4) is 0 Å². The molecule has 0 saturated heterocycles. The lowest BCUT2D eigenvalue weighted by atomic mass is 9.90. The van der Waals surface area contributed by atoms with Gasteiger partial charge in [0, 0.05) is 19.0 Å². The Morgan fingerprint density at radius 1 is 1.33 bits per heavy atom. The van der Waals surface area contributed by atoms with Crippen LogP contribution < -0.4 is 0 Å². The molecule has 1 aromatic carbocycles. The maximum atomic E-state index is 9.37. The van der Waals surface area contributed by atoms with Gasteiger partial charge in [0.1, 0.15) is 0 Å². The Morgan fingerprint density at radius 2 is 2.07 bits per heavy atom. The zero-order chi connectivity index (χ0) is 10.7. The van der Waals surface area contributed by atoms with Gasteiger partial charge in [0.15, 0.2) is 0 Å². The molecule has 1 atom stereocenters. The summed E-state index contributed by atoms with van der Waals surface area (Å²) in [7, 11) is 2.08. The van der Waals surface area contributed by atoms with E-state index in [0.29, 0.717) is 0 Å². The van der Waals surface area contributed by atoms with Crippen molar-refractivity contribution < 1.29 is 5.11 Å². The minimum Gasteiger partial charge on any atom is -0.396 e. The van der Waals surface area contributed by atoms with Crippen LogP contribution in [-0.4, -0.2) is 36.8 Å². The average Bonchev–Trinajstić information content (AvgIpc) is 2.30. The van der Waals surface area contributed by atoms with Gasteiger partial charge in [-0.1, -0.05) is 36.4 Å². The summed E-state index contributed by atoms with van der Waals surface area (Å²) in [4.78, 5) is 2.23. The molecular formula is C13H17NO. The van der Waals surface area contributed by atoms with Crippen molar-refractivity contribution in [3.63, 3.8) is 0 Å². The maximum absolute atomic E-state index is 9.37. The summed E-state index contributed by atoms with van der Waals surface area (Å²) >= 11 is 0. The van der Waals surface area contributed by atoms with Gasteiger partial charge in [0.2, 0.25) is 0 Å². The van der Waals surface area contributed by atoms with E-state index in [1.807, 2.05) is 18.2 Å². The fourth-order valence-corrected chi connectivity index (χ4v) is 2.11. The molecule has 0 aliphatic carbocycles. The van der Waals surface area contributed by atoms with E-state index in [2.05, 4.69) is 30.2 Å². The van der Waals surface area contributed by atoms with E-state index in [1.54, 1.807) is 0 Å². The molecule has 1 aliphatic heterocycles. The van der Waals surface area contributed by atoms with Gasteiger partial charge in [-0.25, -0.2) is 0 Å². The molecule has 0 radical (unpaired) electrons. The second-order valence-electron chi connectivity index (χ2n) is 4.13. The molecule has 1 aromatic rings. The normalized spacial score (nSPS) is 22.5. The molecule has 1 heterocycles. The van der Waals surface area contributed by atoms with Crippen LogP contribution in [0.2, 0.25) is 0 Å². The SMILES string of the molecule is CN1CC=C(c2ccccc2)C(CO)C1. The average molecular weight is 203 g/mol. The van der Waals surface area contributed by atoms with Crippen molar-refractivity contribution >= 4 is 5.57 Å². The Labute approximate surface area is 90.8 Å². The molecule has 2 nitrogen and oxygen atoms in total. The molecule has 2 heteroatoms. The zero-order valence-corrected chi connectivity index (χ0v) is 9.06. The lowest BCUT2D eigenvalue weighted by Crippen LogP contribution is -2.32. The van der Waals surface area contributed by atoms with Gasteiger partial charge in [-0.15, -0.1) is 0 Å². The Kier molecular flexibility index (Phi) is 3.19. The van der Waals surface area contributed by atoms with E-state index >= 15 is 0 Å². The van der Waals surface area contributed by atoms with Gasteiger partial charge in [-0.3, -0.25) is 0 Å². The predicted molar refractivity (Wildman–Crippen MR) is 62.5 cm³/mol. The summed E-state index contributed by atoms with van der Waals surface area (Å²) in [5.41, 5.74) is 2.53. The summed E-state index contributed by atoms with van der Waals surface area (Å²) < 4.78 is 0. The fraction of sp³-hybridized carbons (Fsp3) is 0.385. The van der Waals surface area contributed by atoms with Crippen molar-refractivity contribution in [2.75, 3.05) is 26.7 Å². The Hall–Kier alpha value is -1.12. The molecule has 15 heavy (non-hydrogen) atoms. The predicted octanol–water partition coefficient (Wildman–Crippen LogP) is 1.62. The van der Waals surface area contributed by atoms with Crippen LogP contribution >= 0.6 is 0 Å². The fourth-order valence-electron chi connectivity index (χ4n) is 2.11. The highest BCUT2D eigenvalue weighted by molar-refractivity contribution is 5.68. The number of hydrogen-bond acceptors (Lipinski definition) is 2. The van der Waals surface area contributed by atoms with Crippen molar-refractivity contribution in [3.05, 3.63) is 42.0 Å². The summed E-state index contributed by atoms with van der Waals surface area (Å²) in [5.74, 6) is 0.256. The Balaban J connectivity index is 2.27. The highest BCUT2D eigenvalue weighted by Crippen LogP contribution is 2.26. The van der Waals surface area contributed by atoms with Crippen molar-refractivity contribution in [2.24, 2.45) is 5.92 Å². The lowest BCUT2D eigenvalue weighted by Gasteiger charge is -2.29. The van der Waals surface area contributed by atoms with Gasteiger partial charge in [0.25, 0.3) is 0 Å². The smallest absolute Gasteiger partial charge is 0.0512 e. The molecule has 80 valence electrons. The number of rotatable bonds is 2. The largest absolute Gasteiger partial charge is 0.396 e. The third-order valence-corrected chi connectivity index (χ3v) is 2.92. The molecule has 0 saturated carbocycles. The minimum atomic E-state index is 0.227. The van der Waals surface area contributed by atoms with Crippen LogP contribution in [0.25, 0.3) is 5.57 Å². The number of likely N-dealkylation sites (N-methyl/N-ethyl adjacent to an activating group) is 1. The van der Waals surface area contributed by atoms with Crippen molar-refractivity contribution in [2.45, 2.75) is 0 Å². The van der Waals surface area contributed by atoms with Crippen molar-refractivity contribution in [1.29, 1.82) is 0 Å². The third-order valence-electron chi connectivity index (χ3n) is 2.92. The summed E-state index contributed by atoms with van der Waals surface area (Å²) in [6.45, 7) is 2.14. The highest BCUT2D eigenvalue weighted by atomic mass is 16.3. The third kappa shape index (κ3) is 2.28. The van der Waals surface area contributed by atoms with E-state index < -0.39 is 0 Å².